The Kier molecular flexibility index (Phi) is 4.98. The predicted octanol–water partition coefficient (Wildman–Crippen LogP) is -0.514. The first kappa shape index (κ1) is 15.8. The van der Waals surface area contributed by atoms with E-state index in [-0.39, 0.29) is 12.3 Å². The zero-order valence-corrected chi connectivity index (χ0v) is 12.3. The quantitative estimate of drug-likeness (QED) is 0.657. The van der Waals surface area contributed by atoms with Gasteiger partial charge in [-0.1, -0.05) is 12.1 Å². The number of carbonyl (C=O) groups excluding carboxylic acids is 3. The van der Waals surface area contributed by atoms with Gasteiger partial charge in [-0.05, 0) is 24.1 Å². The molecule has 1 aliphatic rings. The minimum atomic E-state index is -0.836. The highest BCUT2D eigenvalue weighted by Gasteiger charge is 2.29. The maximum Gasteiger partial charge on any atom is 0.243 e. The normalized spacial score (nSPS) is 18.4. The third-order valence-corrected chi connectivity index (χ3v) is 3.55. The van der Waals surface area contributed by atoms with E-state index in [1.807, 2.05) is 6.07 Å². The van der Waals surface area contributed by atoms with Crippen molar-refractivity contribution in [2.45, 2.75) is 31.3 Å². The van der Waals surface area contributed by atoms with Gasteiger partial charge >= 0.3 is 0 Å². The Morgan fingerprint density at radius 3 is 2.86 bits per heavy atom. The van der Waals surface area contributed by atoms with E-state index in [1.54, 1.807) is 25.3 Å². The molecule has 7 nitrogen and oxygen atoms in total. The van der Waals surface area contributed by atoms with Gasteiger partial charge in [-0.3, -0.25) is 14.4 Å². The van der Waals surface area contributed by atoms with Crippen LogP contribution in [-0.4, -0.2) is 36.9 Å². The average Bonchev–Trinajstić information content (AvgIpc) is 2.93. The van der Waals surface area contributed by atoms with E-state index in [0.29, 0.717) is 18.6 Å². The van der Waals surface area contributed by atoms with Crippen molar-refractivity contribution in [1.82, 2.24) is 10.6 Å². The fourth-order valence-electron chi connectivity index (χ4n) is 2.34. The van der Waals surface area contributed by atoms with Crippen molar-refractivity contribution in [1.29, 1.82) is 0 Å². The molecule has 118 valence electrons. The van der Waals surface area contributed by atoms with Crippen LogP contribution in [0.5, 0.6) is 5.75 Å². The Balaban J connectivity index is 2.01. The lowest BCUT2D eigenvalue weighted by atomic mass is 10.0. The first-order valence-corrected chi connectivity index (χ1v) is 7.01. The molecule has 0 bridgehead atoms. The van der Waals surface area contributed by atoms with Crippen molar-refractivity contribution in [2.75, 3.05) is 7.11 Å². The second kappa shape index (κ2) is 6.93. The summed E-state index contributed by atoms with van der Waals surface area (Å²) in [5.74, 6) is -0.517. The number of hydrogen-bond donors (Lipinski definition) is 3. The van der Waals surface area contributed by atoms with Crippen LogP contribution in [0.15, 0.2) is 24.3 Å². The van der Waals surface area contributed by atoms with Gasteiger partial charge in [-0.2, -0.15) is 0 Å². The molecular weight excluding hydrogens is 286 g/mol. The number of rotatable bonds is 6. The van der Waals surface area contributed by atoms with Crippen molar-refractivity contribution in [3.8, 4) is 5.75 Å². The van der Waals surface area contributed by atoms with Crippen LogP contribution in [0.3, 0.4) is 0 Å². The molecule has 3 amide bonds. The van der Waals surface area contributed by atoms with Crippen LogP contribution >= 0.6 is 0 Å². The lowest BCUT2D eigenvalue weighted by Gasteiger charge is -2.18. The zero-order valence-electron chi connectivity index (χ0n) is 12.3. The zero-order chi connectivity index (χ0) is 16.1. The van der Waals surface area contributed by atoms with E-state index in [2.05, 4.69) is 10.6 Å². The molecule has 0 spiro atoms. The first-order chi connectivity index (χ1) is 10.5. The van der Waals surface area contributed by atoms with E-state index in [4.69, 9.17) is 10.5 Å². The molecule has 1 heterocycles. The summed E-state index contributed by atoms with van der Waals surface area (Å²) in [6.07, 6.45) is 1.00. The van der Waals surface area contributed by atoms with Crippen LogP contribution in [0.25, 0.3) is 0 Å². The van der Waals surface area contributed by atoms with Gasteiger partial charge in [0.2, 0.25) is 17.7 Å². The van der Waals surface area contributed by atoms with E-state index >= 15 is 0 Å². The molecule has 1 fully saturated rings. The number of ether oxygens (including phenoxy) is 1. The second-order valence-electron chi connectivity index (χ2n) is 5.18. The highest BCUT2D eigenvalue weighted by Crippen LogP contribution is 2.14. The molecule has 1 aliphatic heterocycles. The molecule has 0 radical (unpaired) electrons. The number of benzene rings is 1. The summed E-state index contributed by atoms with van der Waals surface area (Å²) in [6.45, 7) is 0. The average molecular weight is 305 g/mol. The number of hydrogen-bond acceptors (Lipinski definition) is 4. The van der Waals surface area contributed by atoms with Gasteiger partial charge in [0.1, 0.15) is 17.8 Å². The van der Waals surface area contributed by atoms with Crippen LogP contribution in [-0.2, 0) is 20.8 Å². The van der Waals surface area contributed by atoms with Crippen LogP contribution in [0, 0.1) is 0 Å². The largest absolute Gasteiger partial charge is 0.497 e. The summed E-state index contributed by atoms with van der Waals surface area (Å²) < 4.78 is 5.12. The minimum absolute atomic E-state index is 0.163. The molecule has 7 heteroatoms. The molecule has 4 N–H and O–H groups in total. The number of nitrogens with two attached hydrogens (primary N) is 1. The number of nitrogens with one attached hydrogen (secondary N) is 2. The molecule has 1 aromatic rings. The van der Waals surface area contributed by atoms with Gasteiger partial charge in [0.05, 0.1) is 7.11 Å². The molecule has 0 aliphatic carbocycles. The van der Waals surface area contributed by atoms with Gasteiger partial charge < -0.3 is 21.1 Å². The summed E-state index contributed by atoms with van der Waals surface area (Å²) in [7, 11) is 1.55. The van der Waals surface area contributed by atoms with E-state index in [0.717, 1.165) is 5.56 Å². The summed E-state index contributed by atoms with van der Waals surface area (Å²) in [5, 5.41) is 5.15. The standard InChI is InChI=1S/C15H19N3O4/c1-22-10-4-2-3-9(7-10)8-12(14(16)20)18-15(21)11-5-6-13(19)17-11/h2-4,7,11-12H,5-6,8H2,1H3,(H2,16,20)(H,17,19)(H,18,21)/t11-,12-/m1/s1. The van der Waals surface area contributed by atoms with Crippen molar-refractivity contribution in [3.05, 3.63) is 29.8 Å². The van der Waals surface area contributed by atoms with Crippen LogP contribution in [0.1, 0.15) is 18.4 Å². The third-order valence-electron chi connectivity index (χ3n) is 3.55. The molecule has 2 rings (SSSR count). The fraction of sp³-hybridized carbons (Fsp3) is 0.400. The van der Waals surface area contributed by atoms with Crippen molar-refractivity contribution in [3.63, 3.8) is 0 Å². The summed E-state index contributed by atoms with van der Waals surface area (Å²) >= 11 is 0. The fourth-order valence-corrected chi connectivity index (χ4v) is 2.34. The Hall–Kier alpha value is -2.57. The smallest absolute Gasteiger partial charge is 0.243 e. The monoisotopic (exact) mass is 305 g/mol. The lowest BCUT2D eigenvalue weighted by Crippen LogP contribution is -2.51. The predicted molar refractivity (Wildman–Crippen MR) is 79.0 cm³/mol. The number of methoxy groups -OCH3 is 1. The van der Waals surface area contributed by atoms with Crippen molar-refractivity contribution >= 4 is 17.7 Å². The third kappa shape index (κ3) is 3.97. The minimum Gasteiger partial charge on any atom is -0.497 e. The summed E-state index contributed by atoms with van der Waals surface area (Å²) in [6, 6.07) is 5.75. The molecule has 0 saturated carbocycles. The second-order valence-corrected chi connectivity index (χ2v) is 5.18. The molecule has 2 atom stereocenters. The van der Waals surface area contributed by atoms with Gasteiger partial charge in [-0.15, -0.1) is 0 Å². The van der Waals surface area contributed by atoms with Crippen LogP contribution in [0.4, 0.5) is 0 Å². The number of primary amides is 1. The van der Waals surface area contributed by atoms with E-state index < -0.39 is 23.9 Å². The van der Waals surface area contributed by atoms with Crippen LogP contribution in [0.2, 0.25) is 0 Å². The van der Waals surface area contributed by atoms with Gasteiger partial charge in [0, 0.05) is 12.8 Å². The number of amides is 3. The molecule has 22 heavy (non-hydrogen) atoms. The SMILES string of the molecule is COc1cccc(C[C@@H](NC(=O)[C@H]2CCC(=O)N2)C(N)=O)c1. The van der Waals surface area contributed by atoms with Crippen molar-refractivity contribution in [2.24, 2.45) is 5.73 Å². The Morgan fingerprint density at radius 1 is 1.50 bits per heavy atom. The van der Waals surface area contributed by atoms with Crippen molar-refractivity contribution < 1.29 is 19.1 Å². The van der Waals surface area contributed by atoms with Gasteiger partial charge in [-0.25, -0.2) is 0 Å². The Labute approximate surface area is 128 Å². The highest BCUT2D eigenvalue weighted by molar-refractivity contribution is 5.93. The van der Waals surface area contributed by atoms with Crippen LogP contribution < -0.4 is 21.1 Å². The number of carbonyl (C=O) groups is 3. The maximum absolute atomic E-state index is 12.1. The Morgan fingerprint density at radius 2 is 2.27 bits per heavy atom. The highest BCUT2D eigenvalue weighted by atomic mass is 16.5. The topological polar surface area (TPSA) is 111 Å². The molecule has 1 saturated heterocycles. The summed E-state index contributed by atoms with van der Waals surface area (Å²) in [4.78, 5) is 34.8. The lowest BCUT2D eigenvalue weighted by molar-refractivity contribution is -0.129. The summed E-state index contributed by atoms with van der Waals surface area (Å²) in [5.41, 5.74) is 6.18. The maximum atomic E-state index is 12.1. The molecular formula is C15H19N3O4. The Bertz CT molecular complexity index is 588. The van der Waals surface area contributed by atoms with Gasteiger partial charge in [0.25, 0.3) is 0 Å². The van der Waals surface area contributed by atoms with E-state index in [9.17, 15) is 14.4 Å². The molecule has 0 unspecified atom stereocenters. The van der Waals surface area contributed by atoms with Gasteiger partial charge in [0.15, 0.2) is 0 Å². The first-order valence-electron chi connectivity index (χ1n) is 7.01. The van der Waals surface area contributed by atoms with E-state index in [1.165, 1.54) is 0 Å². The molecule has 0 aromatic heterocycles. The molecule has 1 aromatic carbocycles.